The first-order valence-corrected chi connectivity index (χ1v) is 9.29. The Balaban J connectivity index is 1.66. The van der Waals surface area contributed by atoms with E-state index in [1.165, 1.54) is 10.9 Å². The van der Waals surface area contributed by atoms with Crippen LogP contribution in [-0.4, -0.2) is 14.8 Å². The lowest BCUT2D eigenvalue weighted by molar-refractivity contribution is 0.291. The molecule has 1 aromatic carbocycles. The van der Waals surface area contributed by atoms with Crippen LogP contribution in [-0.2, 0) is 12.1 Å². The Morgan fingerprint density at radius 1 is 1.04 bits per heavy atom. The summed E-state index contributed by atoms with van der Waals surface area (Å²) in [6.07, 6.45) is 3.07. The van der Waals surface area contributed by atoms with Crippen LogP contribution >= 0.6 is 23.2 Å². The molecule has 0 saturated carbocycles. The van der Waals surface area contributed by atoms with E-state index in [2.05, 4.69) is 10.1 Å². The summed E-state index contributed by atoms with van der Waals surface area (Å²) in [5.41, 5.74) is -0.0701. The van der Waals surface area contributed by atoms with E-state index in [-0.39, 0.29) is 17.4 Å². The van der Waals surface area contributed by atoms with Gasteiger partial charge in [0.05, 0.1) is 11.7 Å². The van der Waals surface area contributed by atoms with Crippen molar-refractivity contribution >= 4 is 23.2 Å². The maximum absolute atomic E-state index is 12.3. The van der Waals surface area contributed by atoms with E-state index < -0.39 is 11.1 Å². The quantitative estimate of drug-likeness (QED) is 0.577. The Bertz CT molecular complexity index is 1010. The van der Waals surface area contributed by atoms with Crippen molar-refractivity contribution in [3.63, 3.8) is 0 Å². The van der Waals surface area contributed by atoms with Crippen LogP contribution in [0.15, 0.2) is 53.6 Å². The fourth-order valence-electron chi connectivity index (χ4n) is 2.34. The molecule has 0 saturated heterocycles. The highest BCUT2D eigenvalue weighted by Crippen LogP contribution is 2.23. The van der Waals surface area contributed by atoms with Gasteiger partial charge < -0.3 is 9.47 Å². The molecule has 0 aliphatic carbocycles. The molecule has 0 aliphatic heterocycles. The second-order valence-electron chi connectivity index (χ2n) is 7.06. The van der Waals surface area contributed by atoms with Crippen LogP contribution in [0.4, 0.5) is 0 Å². The van der Waals surface area contributed by atoms with Gasteiger partial charge in [-0.25, -0.2) is 9.67 Å². The van der Waals surface area contributed by atoms with Crippen molar-refractivity contribution in [3.05, 3.63) is 74.8 Å². The van der Waals surface area contributed by atoms with Crippen LogP contribution in [0.25, 0.3) is 0 Å². The van der Waals surface area contributed by atoms with Gasteiger partial charge in [0.2, 0.25) is 5.88 Å². The highest BCUT2D eigenvalue weighted by molar-refractivity contribution is 6.31. The lowest BCUT2D eigenvalue weighted by Crippen LogP contribution is -2.36. The Morgan fingerprint density at radius 2 is 1.75 bits per heavy atom. The van der Waals surface area contributed by atoms with E-state index in [1.807, 2.05) is 26.8 Å². The van der Waals surface area contributed by atoms with E-state index in [1.54, 1.807) is 36.5 Å². The normalized spacial score (nSPS) is 11.3. The van der Waals surface area contributed by atoms with Crippen LogP contribution < -0.4 is 15.0 Å². The molecule has 0 radical (unpaired) electrons. The van der Waals surface area contributed by atoms with Crippen LogP contribution in [0.3, 0.4) is 0 Å². The van der Waals surface area contributed by atoms with Gasteiger partial charge in [0.1, 0.15) is 12.4 Å². The molecule has 3 rings (SSSR count). The van der Waals surface area contributed by atoms with Gasteiger partial charge >= 0.3 is 0 Å². The topological polar surface area (TPSA) is 66.2 Å². The monoisotopic (exact) mass is 419 g/mol. The van der Waals surface area contributed by atoms with Crippen LogP contribution in [0.5, 0.6) is 17.4 Å². The zero-order valence-corrected chi connectivity index (χ0v) is 17.2. The summed E-state index contributed by atoms with van der Waals surface area (Å²) in [4.78, 5) is 16.6. The standard InChI is InChI=1S/C20H19Cl2N3O3/c1-20(2,3)25-19(26)18(22)16(11-24-25)27-12-13-4-9-17(23-10-13)28-15-7-5-14(21)6-8-15/h4-11H,12H2,1-3H3. The molecule has 2 heterocycles. The average molecular weight is 420 g/mol. The largest absolute Gasteiger partial charge is 0.485 e. The molecule has 0 atom stereocenters. The Kier molecular flexibility index (Phi) is 5.91. The van der Waals surface area contributed by atoms with Crippen molar-refractivity contribution in [1.29, 1.82) is 0 Å². The molecule has 0 bridgehead atoms. The third-order valence-corrected chi connectivity index (χ3v) is 4.35. The molecule has 0 amide bonds. The van der Waals surface area contributed by atoms with Gasteiger partial charge in [-0.15, -0.1) is 0 Å². The number of hydrogen-bond donors (Lipinski definition) is 0. The molecule has 0 fully saturated rings. The van der Waals surface area contributed by atoms with Gasteiger partial charge in [0.25, 0.3) is 5.56 Å². The Labute approximate surface area is 172 Å². The van der Waals surface area contributed by atoms with Gasteiger partial charge in [-0.1, -0.05) is 23.2 Å². The molecule has 28 heavy (non-hydrogen) atoms. The van der Waals surface area contributed by atoms with Crippen molar-refractivity contribution in [2.45, 2.75) is 32.9 Å². The molecule has 0 unspecified atom stereocenters. The number of rotatable bonds is 5. The highest BCUT2D eigenvalue weighted by Gasteiger charge is 2.20. The lowest BCUT2D eigenvalue weighted by atomic mass is 10.1. The summed E-state index contributed by atoms with van der Waals surface area (Å²) in [5, 5.41) is 4.78. The molecular formula is C20H19Cl2N3O3. The first-order valence-electron chi connectivity index (χ1n) is 8.53. The SMILES string of the molecule is CC(C)(C)n1ncc(OCc2ccc(Oc3ccc(Cl)cc3)nc2)c(Cl)c1=O. The maximum Gasteiger partial charge on any atom is 0.289 e. The second kappa shape index (κ2) is 8.20. The molecule has 3 aromatic rings. The smallest absolute Gasteiger partial charge is 0.289 e. The zero-order valence-electron chi connectivity index (χ0n) is 15.6. The maximum atomic E-state index is 12.3. The van der Waals surface area contributed by atoms with E-state index in [0.29, 0.717) is 16.7 Å². The van der Waals surface area contributed by atoms with E-state index in [9.17, 15) is 4.79 Å². The number of aromatic nitrogens is 3. The molecule has 2 aromatic heterocycles. The third-order valence-electron chi connectivity index (χ3n) is 3.75. The summed E-state index contributed by atoms with van der Waals surface area (Å²) in [6.45, 7) is 5.81. The minimum Gasteiger partial charge on any atom is -0.485 e. The van der Waals surface area contributed by atoms with Crippen molar-refractivity contribution in [2.75, 3.05) is 0 Å². The number of hydrogen-bond acceptors (Lipinski definition) is 5. The first-order chi connectivity index (χ1) is 13.2. The van der Waals surface area contributed by atoms with Crippen LogP contribution in [0.2, 0.25) is 10.0 Å². The molecule has 146 valence electrons. The summed E-state index contributed by atoms with van der Waals surface area (Å²) in [7, 11) is 0. The van der Waals surface area contributed by atoms with Crippen molar-refractivity contribution in [1.82, 2.24) is 14.8 Å². The van der Waals surface area contributed by atoms with Crippen LogP contribution in [0.1, 0.15) is 26.3 Å². The van der Waals surface area contributed by atoms with E-state index >= 15 is 0 Å². The Hall–Kier alpha value is -2.57. The fraction of sp³-hybridized carbons (Fsp3) is 0.250. The van der Waals surface area contributed by atoms with E-state index in [0.717, 1.165) is 5.56 Å². The Morgan fingerprint density at radius 3 is 2.36 bits per heavy atom. The van der Waals surface area contributed by atoms with Crippen LogP contribution in [0, 0.1) is 0 Å². The summed E-state index contributed by atoms with van der Waals surface area (Å²) in [6, 6.07) is 10.5. The lowest BCUT2D eigenvalue weighted by Gasteiger charge is -2.21. The molecule has 8 heteroatoms. The van der Waals surface area contributed by atoms with Crippen molar-refractivity contribution < 1.29 is 9.47 Å². The first kappa shape index (κ1) is 20.2. The highest BCUT2D eigenvalue weighted by atomic mass is 35.5. The molecule has 0 N–H and O–H groups in total. The summed E-state index contributed by atoms with van der Waals surface area (Å²) in [5.74, 6) is 1.31. The number of ether oxygens (including phenoxy) is 2. The third kappa shape index (κ3) is 4.82. The minimum atomic E-state index is -0.469. The van der Waals surface area contributed by atoms with Crippen molar-refractivity contribution in [2.24, 2.45) is 0 Å². The summed E-state index contributed by atoms with van der Waals surface area (Å²) < 4.78 is 12.6. The van der Waals surface area contributed by atoms with Gasteiger partial charge in [-0.3, -0.25) is 4.79 Å². The molecule has 0 spiro atoms. The predicted octanol–water partition coefficient (Wildman–Crippen LogP) is 5.07. The van der Waals surface area contributed by atoms with Crippen molar-refractivity contribution in [3.8, 4) is 17.4 Å². The van der Waals surface area contributed by atoms with Gasteiger partial charge in [-0.05, 0) is 51.1 Å². The number of pyridine rings is 1. The van der Waals surface area contributed by atoms with Gasteiger partial charge in [0.15, 0.2) is 10.8 Å². The molecular weight excluding hydrogens is 401 g/mol. The number of nitrogens with zero attached hydrogens (tertiary/aromatic N) is 3. The molecule has 0 aliphatic rings. The predicted molar refractivity (Wildman–Crippen MR) is 109 cm³/mol. The minimum absolute atomic E-state index is 0.000533. The van der Waals surface area contributed by atoms with Gasteiger partial charge in [-0.2, -0.15) is 5.10 Å². The number of benzene rings is 1. The zero-order chi connectivity index (χ0) is 20.3. The van der Waals surface area contributed by atoms with Gasteiger partial charge in [0, 0.05) is 22.8 Å². The average Bonchev–Trinajstić information content (AvgIpc) is 2.65. The van der Waals surface area contributed by atoms with E-state index in [4.69, 9.17) is 32.7 Å². The summed E-state index contributed by atoms with van der Waals surface area (Å²) >= 11 is 12.0. The number of halogens is 2. The molecule has 6 nitrogen and oxygen atoms in total. The second-order valence-corrected chi connectivity index (χ2v) is 7.87. The fourth-order valence-corrected chi connectivity index (χ4v) is 2.65.